The normalized spacial score (nSPS) is 30.1. The molecule has 0 bridgehead atoms. The van der Waals surface area contributed by atoms with E-state index in [1.54, 1.807) is 6.20 Å². The van der Waals surface area contributed by atoms with Gasteiger partial charge in [0.05, 0.1) is 92.6 Å². The first-order valence-corrected chi connectivity index (χ1v) is 24.8. The lowest BCUT2D eigenvalue weighted by atomic mass is 9.85. The van der Waals surface area contributed by atoms with Crippen molar-refractivity contribution in [3.63, 3.8) is 0 Å². The molecule has 4 saturated heterocycles. The van der Waals surface area contributed by atoms with Gasteiger partial charge < -0.3 is 54.1 Å². The maximum atomic E-state index is 14.5. The Balaban J connectivity index is 0.888. The van der Waals surface area contributed by atoms with Crippen LogP contribution < -0.4 is 16.0 Å². The van der Waals surface area contributed by atoms with Crippen molar-refractivity contribution in [3.05, 3.63) is 66.4 Å². The number of ether oxygens (including phenoxy) is 4. The molecule has 0 spiro atoms. The number of H-pyrrole nitrogens is 1. The van der Waals surface area contributed by atoms with Gasteiger partial charge in [0.15, 0.2) is 0 Å². The highest BCUT2D eigenvalue weighted by atomic mass is 16.5. The number of nitrogens with zero attached hydrogens (tertiary/aromatic N) is 6. The minimum Gasteiger partial charge on any atom is -0.453 e. The molecule has 0 aliphatic carbocycles. The molecule has 18 heteroatoms. The molecule has 4 aromatic rings. The van der Waals surface area contributed by atoms with Crippen LogP contribution in [0.3, 0.4) is 0 Å². The van der Waals surface area contributed by atoms with Gasteiger partial charge in [-0.1, -0.05) is 24.3 Å². The van der Waals surface area contributed by atoms with E-state index in [2.05, 4.69) is 56.5 Å². The fraction of sp³-hybridized carbons (Fsp3) is 0.588. The highest BCUT2D eigenvalue weighted by molar-refractivity contribution is 5.96. The van der Waals surface area contributed by atoms with Crippen LogP contribution in [0.25, 0.3) is 28.2 Å². The molecule has 0 radical (unpaired) electrons. The fourth-order valence-electron chi connectivity index (χ4n) is 12.0. The summed E-state index contributed by atoms with van der Waals surface area (Å²) in [5.41, 5.74) is 5.35. The summed E-state index contributed by atoms with van der Waals surface area (Å²) in [6.45, 7) is 12.7. The molecular weight excluding hydrogens is 881 g/mol. The Morgan fingerprint density at radius 3 is 1.83 bits per heavy atom. The van der Waals surface area contributed by atoms with E-state index in [0.717, 1.165) is 65.2 Å². The first-order chi connectivity index (χ1) is 33.2. The van der Waals surface area contributed by atoms with E-state index in [4.69, 9.17) is 33.9 Å². The van der Waals surface area contributed by atoms with Crippen LogP contribution >= 0.6 is 0 Å². The number of alkyl carbamates (subject to hydrolysis) is 2. The predicted molar refractivity (Wildman–Crippen MR) is 258 cm³/mol. The third-order valence-corrected chi connectivity index (χ3v) is 15.1. The van der Waals surface area contributed by atoms with Gasteiger partial charge in [-0.25, -0.2) is 14.6 Å². The van der Waals surface area contributed by atoms with Gasteiger partial charge >= 0.3 is 12.2 Å². The SMILES string of the molecule is COC(=O)NC(C(=O)N1[C@@H](C)CC[C@H]1C1=NCC(c2ccc(-c3cnc(-c4cnc([C@@H]5CCC(C)N5C(=O)[C@@H](NC(=O)OC)C5C[C@@H](C)O[C@@H](C)C5)[nH]4)c4cccn34)cc2)N1)C1C[C@@H](C)O[C@@H](C)C1. The van der Waals surface area contributed by atoms with Gasteiger partial charge in [-0.15, -0.1) is 0 Å². The monoisotopic (exact) mass is 949 g/mol. The van der Waals surface area contributed by atoms with Crippen LogP contribution in [0.2, 0.25) is 0 Å². The second-order valence-electron chi connectivity index (χ2n) is 20.1. The maximum absolute atomic E-state index is 14.5. The highest BCUT2D eigenvalue weighted by Crippen LogP contribution is 2.39. The smallest absolute Gasteiger partial charge is 0.407 e. The van der Waals surface area contributed by atoms with Gasteiger partial charge in [-0.2, -0.15) is 0 Å². The zero-order chi connectivity index (χ0) is 48.7. The maximum Gasteiger partial charge on any atom is 0.407 e. The molecular formula is C51H68N10O8. The van der Waals surface area contributed by atoms with Crippen molar-refractivity contribution in [1.82, 2.24) is 45.1 Å². The Morgan fingerprint density at radius 1 is 0.710 bits per heavy atom. The number of methoxy groups -OCH3 is 2. The number of hydrogen-bond donors (Lipinski definition) is 4. The molecule has 13 atom stereocenters. The molecule has 370 valence electrons. The molecule has 0 saturated carbocycles. The van der Waals surface area contributed by atoms with Crippen LogP contribution in [-0.2, 0) is 28.5 Å². The minimum atomic E-state index is -0.759. The number of benzene rings is 1. The molecule has 4 N–H and O–H groups in total. The van der Waals surface area contributed by atoms with Crippen molar-refractivity contribution >= 4 is 35.4 Å². The van der Waals surface area contributed by atoms with Crippen LogP contribution in [0.4, 0.5) is 9.59 Å². The Bertz CT molecular complexity index is 2520. The van der Waals surface area contributed by atoms with Crippen LogP contribution in [0.1, 0.15) is 116 Å². The standard InChI is InChI=1S/C51H68N10O8/c1-27-11-17-40(60(27)48(62)43(57-50(64)66-7)35-20-29(3)68-30(4)21-35)46-53-24-37(55-46)33-13-15-34(16-14-33)42-26-52-45(39-10-9-19-59(39)42)38-25-54-47(56-38)41-18-12-28(2)61(41)49(63)44(58-51(65)67-8)36-22-31(5)69-32(6)23-36/h9-10,13-16,19,25-32,35-37,40-41,43-44H,11-12,17-18,20-24H2,1-8H3,(H,53,55)(H,54,56)(H,57,64)(H,58,65)/t27-,28?,29-,30+,31-,32+,35?,36?,37?,40-,41-,43?,44-/m0/s1. The second kappa shape index (κ2) is 20.1. The quantitative estimate of drug-likeness (QED) is 0.124. The van der Waals surface area contributed by atoms with Crippen LogP contribution in [0.5, 0.6) is 0 Å². The molecule has 8 heterocycles. The van der Waals surface area contributed by atoms with Crippen molar-refractivity contribution in [2.45, 2.75) is 160 Å². The molecule has 5 aliphatic heterocycles. The van der Waals surface area contributed by atoms with E-state index >= 15 is 0 Å². The summed E-state index contributed by atoms with van der Waals surface area (Å²) < 4.78 is 24.0. The Labute approximate surface area is 403 Å². The molecule has 5 unspecified atom stereocenters. The number of aromatic amines is 1. The van der Waals surface area contributed by atoms with Crippen molar-refractivity contribution in [3.8, 4) is 22.6 Å². The van der Waals surface area contributed by atoms with Crippen molar-refractivity contribution < 1.29 is 38.1 Å². The van der Waals surface area contributed by atoms with E-state index < -0.39 is 24.3 Å². The number of aromatic nitrogens is 4. The fourth-order valence-corrected chi connectivity index (χ4v) is 12.0. The number of fused-ring (bicyclic) bond motifs is 1. The summed E-state index contributed by atoms with van der Waals surface area (Å²) in [5.74, 6) is 1.02. The molecule has 18 nitrogen and oxygen atoms in total. The number of likely N-dealkylation sites (tertiary alicyclic amines) is 2. The van der Waals surface area contributed by atoms with Crippen molar-refractivity contribution in [1.29, 1.82) is 0 Å². The molecule has 9 rings (SSSR count). The molecule has 4 fully saturated rings. The lowest BCUT2D eigenvalue weighted by Gasteiger charge is -2.39. The average Bonchev–Trinajstić information content (AvgIpc) is 4.20. The van der Waals surface area contributed by atoms with Gasteiger partial charge in [-0.3, -0.25) is 19.6 Å². The van der Waals surface area contributed by atoms with Crippen LogP contribution in [0.15, 0.2) is 60.0 Å². The number of aliphatic imine (C=N–C) groups is 1. The van der Waals surface area contributed by atoms with Gasteiger partial charge in [-0.05, 0) is 122 Å². The van der Waals surface area contributed by atoms with E-state index in [1.807, 2.05) is 68.9 Å². The number of imidazole rings is 1. The average molecular weight is 949 g/mol. The Kier molecular flexibility index (Phi) is 14.0. The molecule has 3 aromatic heterocycles. The first-order valence-electron chi connectivity index (χ1n) is 24.8. The molecule has 5 aliphatic rings. The number of amidine groups is 1. The molecule has 4 amide bonds. The topological polar surface area (TPSA) is 206 Å². The first kappa shape index (κ1) is 48.0. The van der Waals surface area contributed by atoms with Crippen LogP contribution in [-0.4, -0.2) is 134 Å². The number of rotatable bonds is 11. The summed E-state index contributed by atoms with van der Waals surface area (Å²) in [7, 11) is 2.63. The zero-order valence-corrected chi connectivity index (χ0v) is 41.0. The van der Waals surface area contributed by atoms with E-state index in [1.165, 1.54) is 14.2 Å². The number of carbonyl (C=O) groups is 4. The number of amides is 4. The van der Waals surface area contributed by atoms with Gasteiger partial charge in [0, 0.05) is 23.8 Å². The van der Waals surface area contributed by atoms with Crippen molar-refractivity contribution in [2.24, 2.45) is 16.8 Å². The summed E-state index contributed by atoms with van der Waals surface area (Å²) in [6.07, 6.45) is 10.1. The number of nitrogens with one attached hydrogen (secondary N) is 4. The Morgan fingerprint density at radius 2 is 1.26 bits per heavy atom. The van der Waals surface area contributed by atoms with Crippen LogP contribution in [0, 0.1) is 11.8 Å². The van der Waals surface area contributed by atoms with Gasteiger partial charge in [0.25, 0.3) is 0 Å². The van der Waals surface area contributed by atoms with E-state index in [-0.39, 0.29) is 78.3 Å². The number of carbonyl (C=O) groups excluding carboxylic acids is 4. The molecule has 1 aromatic carbocycles. The highest BCUT2D eigenvalue weighted by Gasteiger charge is 2.47. The lowest BCUT2D eigenvalue weighted by Crippen LogP contribution is -2.58. The summed E-state index contributed by atoms with van der Waals surface area (Å²) in [6, 6.07) is 10.3. The van der Waals surface area contributed by atoms with E-state index in [9.17, 15) is 19.2 Å². The Hall–Kier alpha value is -6.01. The minimum absolute atomic E-state index is 0.0215. The second-order valence-corrected chi connectivity index (χ2v) is 20.1. The predicted octanol–water partition coefficient (Wildman–Crippen LogP) is 6.72. The third-order valence-electron chi connectivity index (χ3n) is 15.1. The largest absolute Gasteiger partial charge is 0.453 e. The summed E-state index contributed by atoms with van der Waals surface area (Å²) in [4.78, 5) is 76.3. The summed E-state index contributed by atoms with van der Waals surface area (Å²) >= 11 is 0. The molecule has 69 heavy (non-hydrogen) atoms. The van der Waals surface area contributed by atoms with Gasteiger partial charge in [0.1, 0.15) is 29.4 Å². The lowest BCUT2D eigenvalue weighted by molar-refractivity contribution is -0.140. The third kappa shape index (κ3) is 9.79. The number of hydrogen-bond acceptors (Lipinski definition) is 12. The van der Waals surface area contributed by atoms with E-state index in [0.29, 0.717) is 38.1 Å². The van der Waals surface area contributed by atoms with Gasteiger partial charge in [0.2, 0.25) is 11.8 Å². The van der Waals surface area contributed by atoms with Crippen molar-refractivity contribution in [2.75, 3.05) is 20.8 Å². The zero-order valence-electron chi connectivity index (χ0n) is 41.0. The summed E-state index contributed by atoms with van der Waals surface area (Å²) in [5, 5.41) is 9.44.